The topological polar surface area (TPSA) is 41.6 Å². The highest BCUT2D eigenvalue weighted by Crippen LogP contribution is 2.17. The molecule has 27 heavy (non-hydrogen) atoms. The molecular weight excluding hydrogens is 336 g/mol. The van der Waals surface area contributed by atoms with Crippen LogP contribution in [0.5, 0.6) is 0 Å². The molecule has 0 spiro atoms. The lowest BCUT2D eigenvalue weighted by molar-refractivity contribution is 0.0953. The lowest BCUT2D eigenvalue weighted by Gasteiger charge is -2.28. The number of nitrogens with one attached hydrogen (secondary N) is 1. The fourth-order valence-corrected chi connectivity index (χ4v) is 3.40. The zero-order chi connectivity index (χ0) is 18.9. The molecule has 3 rings (SSSR count). The lowest BCUT2D eigenvalue weighted by Crippen LogP contribution is -2.36. The van der Waals surface area contributed by atoms with Crippen molar-refractivity contribution in [3.63, 3.8) is 0 Å². The third-order valence-electron chi connectivity index (χ3n) is 5.00. The van der Waals surface area contributed by atoms with Crippen LogP contribution in [0.1, 0.15) is 41.3 Å². The van der Waals surface area contributed by atoms with Gasteiger partial charge in [-0.2, -0.15) is 0 Å². The van der Waals surface area contributed by atoms with Crippen LogP contribution in [-0.4, -0.2) is 38.8 Å². The first-order chi connectivity index (χ1) is 13.3. The number of aryl methyl sites for hydroxylation is 2. The third-order valence-corrected chi connectivity index (χ3v) is 5.00. The first-order valence-corrected chi connectivity index (χ1v) is 10.0. The molecule has 4 heteroatoms. The number of anilines is 1. The predicted octanol–water partition coefficient (Wildman–Crippen LogP) is 3.84. The van der Waals surface area contributed by atoms with Gasteiger partial charge in [-0.25, -0.2) is 0 Å². The van der Waals surface area contributed by atoms with E-state index in [1.807, 2.05) is 12.1 Å². The number of ether oxygens (including phenoxy) is 1. The van der Waals surface area contributed by atoms with Crippen molar-refractivity contribution in [1.82, 2.24) is 5.32 Å². The Morgan fingerprint density at radius 3 is 2.26 bits per heavy atom. The van der Waals surface area contributed by atoms with E-state index < -0.39 is 0 Å². The zero-order valence-electron chi connectivity index (χ0n) is 16.2. The first-order valence-electron chi connectivity index (χ1n) is 10.0. The van der Waals surface area contributed by atoms with Crippen LogP contribution in [0.25, 0.3) is 0 Å². The van der Waals surface area contributed by atoms with Gasteiger partial charge in [0.15, 0.2) is 0 Å². The van der Waals surface area contributed by atoms with E-state index in [1.54, 1.807) is 0 Å². The molecule has 1 aliphatic rings. The summed E-state index contributed by atoms with van der Waals surface area (Å²) in [4.78, 5) is 14.6. The van der Waals surface area contributed by atoms with Crippen LogP contribution in [0, 0.1) is 0 Å². The molecule has 2 aromatic carbocycles. The zero-order valence-corrected chi connectivity index (χ0v) is 16.2. The summed E-state index contributed by atoms with van der Waals surface area (Å²) in [6.07, 6.45) is 4.10. The number of carbonyl (C=O) groups excluding carboxylic acids is 1. The van der Waals surface area contributed by atoms with Crippen molar-refractivity contribution >= 4 is 11.6 Å². The number of morpholine rings is 1. The number of nitrogens with zero attached hydrogens (tertiary/aromatic N) is 1. The molecule has 4 nitrogen and oxygen atoms in total. The predicted molar refractivity (Wildman–Crippen MR) is 111 cm³/mol. The normalized spacial score (nSPS) is 14.2. The molecule has 1 aliphatic heterocycles. The van der Waals surface area contributed by atoms with Crippen molar-refractivity contribution in [2.45, 2.75) is 32.6 Å². The van der Waals surface area contributed by atoms with Crippen LogP contribution in [0.2, 0.25) is 0 Å². The third kappa shape index (κ3) is 5.83. The van der Waals surface area contributed by atoms with E-state index in [2.05, 4.69) is 53.5 Å². The molecule has 0 aromatic heterocycles. The molecule has 1 saturated heterocycles. The summed E-state index contributed by atoms with van der Waals surface area (Å²) in [6, 6.07) is 16.7. The van der Waals surface area contributed by atoms with Crippen LogP contribution in [0.4, 0.5) is 5.69 Å². The quantitative estimate of drug-likeness (QED) is 0.722. The fraction of sp³-hybridized carbons (Fsp3) is 0.435. The Labute approximate surface area is 162 Å². The molecule has 144 valence electrons. The second-order valence-electron chi connectivity index (χ2n) is 7.07. The summed E-state index contributed by atoms with van der Waals surface area (Å²) in [5.74, 6) is 0.0145. The molecule has 1 fully saturated rings. The van der Waals surface area contributed by atoms with E-state index in [1.165, 1.54) is 16.8 Å². The second kappa shape index (κ2) is 10.1. The number of carbonyl (C=O) groups is 1. The molecule has 2 aromatic rings. The van der Waals surface area contributed by atoms with Crippen LogP contribution < -0.4 is 10.2 Å². The van der Waals surface area contributed by atoms with Crippen molar-refractivity contribution in [1.29, 1.82) is 0 Å². The largest absolute Gasteiger partial charge is 0.378 e. The van der Waals surface area contributed by atoms with Crippen LogP contribution >= 0.6 is 0 Å². The standard InChI is InChI=1S/C23H30N2O2/c1-2-4-19-6-10-21(11-7-19)23(26)24-14-3-5-20-8-12-22(13-9-20)25-15-17-27-18-16-25/h6-13H,2-5,14-18H2,1H3,(H,24,26). The van der Waals surface area contributed by atoms with Gasteiger partial charge >= 0.3 is 0 Å². The Hall–Kier alpha value is -2.33. The average molecular weight is 367 g/mol. The molecule has 0 saturated carbocycles. The van der Waals surface area contributed by atoms with Crippen molar-refractivity contribution < 1.29 is 9.53 Å². The van der Waals surface area contributed by atoms with E-state index in [0.717, 1.165) is 57.6 Å². The van der Waals surface area contributed by atoms with Gasteiger partial charge in [-0.1, -0.05) is 37.6 Å². The van der Waals surface area contributed by atoms with Gasteiger partial charge in [-0.05, 0) is 54.7 Å². The van der Waals surface area contributed by atoms with Gasteiger partial charge in [0.25, 0.3) is 5.91 Å². The van der Waals surface area contributed by atoms with Crippen molar-refractivity contribution in [2.24, 2.45) is 0 Å². The van der Waals surface area contributed by atoms with E-state index in [-0.39, 0.29) is 5.91 Å². The summed E-state index contributed by atoms with van der Waals surface area (Å²) >= 11 is 0. The smallest absolute Gasteiger partial charge is 0.251 e. The molecule has 0 bridgehead atoms. The highest BCUT2D eigenvalue weighted by atomic mass is 16.5. The SMILES string of the molecule is CCCc1ccc(C(=O)NCCCc2ccc(N3CCOCC3)cc2)cc1. The molecule has 1 heterocycles. The van der Waals surface area contributed by atoms with E-state index in [9.17, 15) is 4.79 Å². The van der Waals surface area contributed by atoms with Crippen molar-refractivity contribution in [3.8, 4) is 0 Å². The second-order valence-corrected chi connectivity index (χ2v) is 7.07. The minimum Gasteiger partial charge on any atom is -0.378 e. The summed E-state index contributed by atoms with van der Waals surface area (Å²) in [7, 11) is 0. The summed E-state index contributed by atoms with van der Waals surface area (Å²) < 4.78 is 5.40. The molecule has 0 unspecified atom stereocenters. The molecular formula is C23H30N2O2. The van der Waals surface area contributed by atoms with Crippen molar-refractivity contribution in [3.05, 3.63) is 65.2 Å². The number of hydrogen-bond donors (Lipinski definition) is 1. The van der Waals surface area contributed by atoms with Gasteiger partial charge in [-0.3, -0.25) is 4.79 Å². The minimum absolute atomic E-state index is 0.0145. The lowest BCUT2D eigenvalue weighted by atomic mass is 10.1. The van der Waals surface area contributed by atoms with Gasteiger partial charge in [0.1, 0.15) is 0 Å². The minimum atomic E-state index is 0.0145. The highest BCUT2D eigenvalue weighted by Gasteiger charge is 2.10. The molecule has 0 aliphatic carbocycles. The summed E-state index contributed by atoms with van der Waals surface area (Å²) in [5, 5.41) is 3.02. The number of rotatable bonds is 8. The molecule has 1 N–H and O–H groups in total. The number of benzene rings is 2. The van der Waals surface area contributed by atoms with Gasteiger partial charge in [0.05, 0.1) is 13.2 Å². The summed E-state index contributed by atoms with van der Waals surface area (Å²) in [6.45, 7) is 6.40. The van der Waals surface area contributed by atoms with Crippen LogP contribution in [0.15, 0.2) is 48.5 Å². The average Bonchev–Trinajstić information content (AvgIpc) is 2.73. The Kier molecular flexibility index (Phi) is 7.28. The fourth-order valence-electron chi connectivity index (χ4n) is 3.40. The van der Waals surface area contributed by atoms with E-state index >= 15 is 0 Å². The maximum atomic E-state index is 12.2. The van der Waals surface area contributed by atoms with Gasteiger partial charge in [0.2, 0.25) is 0 Å². The molecule has 1 amide bonds. The van der Waals surface area contributed by atoms with E-state index in [4.69, 9.17) is 4.74 Å². The Bertz CT molecular complexity index is 704. The molecule has 0 atom stereocenters. The highest BCUT2D eigenvalue weighted by molar-refractivity contribution is 5.94. The first kappa shape index (κ1) is 19.4. The van der Waals surface area contributed by atoms with Crippen molar-refractivity contribution in [2.75, 3.05) is 37.7 Å². The van der Waals surface area contributed by atoms with E-state index in [0.29, 0.717) is 6.54 Å². The Balaban J connectivity index is 1.39. The van der Waals surface area contributed by atoms with Crippen LogP contribution in [-0.2, 0) is 17.6 Å². The Morgan fingerprint density at radius 2 is 1.59 bits per heavy atom. The number of hydrogen-bond acceptors (Lipinski definition) is 3. The Morgan fingerprint density at radius 1 is 0.963 bits per heavy atom. The summed E-state index contributed by atoms with van der Waals surface area (Å²) in [5.41, 5.74) is 4.60. The maximum absolute atomic E-state index is 12.2. The number of amides is 1. The molecule has 0 radical (unpaired) electrons. The van der Waals surface area contributed by atoms with Gasteiger partial charge in [0, 0.05) is 30.9 Å². The van der Waals surface area contributed by atoms with Crippen LogP contribution in [0.3, 0.4) is 0 Å². The maximum Gasteiger partial charge on any atom is 0.251 e. The van der Waals surface area contributed by atoms with Gasteiger partial charge < -0.3 is 15.0 Å². The monoisotopic (exact) mass is 366 g/mol. The van der Waals surface area contributed by atoms with Gasteiger partial charge in [-0.15, -0.1) is 0 Å².